The van der Waals surface area contributed by atoms with Crippen LogP contribution in [0.4, 0.5) is 10.1 Å². The minimum absolute atomic E-state index is 0.0346. The number of rotatable bonds is 7. The van der Waals surface area contributed by atoms with Gasteiger partial charge in [0.2, 0.25) is 0 Å². The lowest BCUT2D eigenvalue weighted by Crippen LogP contribution is -2.49. The average molecular weight is 486 g/mol. The quantitative estimate of drug-likeness (QED) is 0.543. The molecular formula is C26H29ClFN3O3. The van der Waals surface area contributed by atoms with Crippen LogP contribution >= 0.6 is 11.6 Å². The van der Waals surface area contributed by atoms with Crippen molar-refractivity contribution in [2.75, 3.05) is 44.8 Å². The number of aromatic hydroxyl groups is 1. The van der Waals surface area contributed by atoms with E-state index in [2.05, 4.69) is 4.90 Å². The van der Waals surface area contributed by atoms with Crippen LogP contribution in [0.3, 0.4) is 0 Å². The van der Waals surface area contributed by atoms with Crippen molar-refractivity contribution in [3.8, 4) is 5.75 Å². The van der Waals surface area contributed by atoms with Crippen molar-refractivity contribution < 1.29 is 14.2 Å². The third-order valence-electron chi connectivity index (χ3n) is 6.37. The van der Waals surface area contributed by atoms with E-state index < -0.39 is 6.04 Å². The maximum Gasteiger partial charge on any atom is 0.259 e. The molecule has 0 radical (unpaired) electrons. The van der Waals surface area contributed by atoms with E-state index in [0.29, 0.717) is 61.3 Å². The fraction of sp³-hybridized carbons (Fsp3) is 0.346. The molecule has 2 aromatic carbocycles. The molecule has 1 atom stereocenters. The zero-order chi connectivity index (χ0) is 24.2. The maximum atomic E-state index is 14.3. The van der Waals surface area contributed by atoms with Gasteiger partial charge in [-0.15, -0.1) is 0 Å². The molecule has 1 N–H and O–H groups in total. The predicted molar refractivity (Wildman–Crippen MR) is 132 cm³/mol. The summed E-state index contributed by atoms with van der Waals surface area (Å²) in [4.78, 5) is 17.8. The van der Waals surface area contributed by atoms with E-state index >= 15 is 0 Å². The number of nitrogens with zero attached hydrogens (tertiary/aromatic N) is 3. The van der Waals surface area contributed by atoms with Gasteiger partial charge in [0, 0.05) is 50.6 Å². The Morgan fingerprint density at radius 2 is 1.76 bits per heavy atom. The van der Waals surface area contributed by atoms with Crippen molar-refractivity contribution in [1.29, 1.82) is 0 Å². The van der Waals surface area contributed by atoms with Gasteiger partial charge in [-0.3, -0.25) is 9.69 Å². The average Bonchev–Trinajstić information content (AvgIpc) is 2.83. The summed E-state index contributed by atoms with van der Waals surface area (Å²) in [5.74, 6) is -0.282. The van der Waals surface area contributed by atoms with E-state index in [4.69, 9.17) is 16.3 Å². The first-order valence-corrected chi connectivity index (χ1v) is 11.7. The van der Waals surface area contributed by atoms with Gasteiger partial charge in [-0.25, -0.2) is 4.39 Å². The van der Waals surface area contributed by atoms with Gasteiger partial charge in [0.25, 0.3) is 5.56 Å². The number of benzene rings is 2. The molecule has 0 saturated carbocycles. The first-order chi connectivity index (χ1) is 16.4. The van der Waals surface area contributed by atoms with Gasteiger partial charge >= 0.3 is 0 Å². The predicted octanol–water partition coefficient (Wildman–Crippen LogP) is 4.21. The number of aromatic nitrogens is 1. The van der Waals surface area contributed by atoms with Crippen molar-refractivity contribution in [1.82, 2.24) is 9.47 Å². The third-order valence-corrected chi connectivity index (χ3v) is 6.63. The summed E-state index contributed by atoms with van der Waals surface area (Å²) in [6, 6.07) is 15.2. The number of ether oxygens (including phenoxy) is 1. The zero-order valence-corrected chi connectivity index (χ0v) is 20.1. The van der Waals surface area contributed by atoms with Crippen molar-refractivity contribution in [3.05, 3.63) is 92.6 Å². The molecule has 1 aliphatic heterocycles. The standard InChI is InChI=1S/C26H29ClFN3O3/c1-18-17-23(32)24(26(33)31(18)15-16-34-2)25(19-7-9-20(27)10-8-19)30-13-11-29(12-14-30)22-6-4-3-5-21(22)28/h3-10,17,25,32H,11-16H2,1-2H3/t25-/m1/s1. The minimum Gasteiger partial charge on any atom is -0.507 e. The number of hydrogen-bond donors (Lipinski definition) is 1. The molecule has 0 aliphatic carbocycles. The van der Waals surface area contributed by atoms with Gasteiger partial charge in [-0.2, -0.15) is 0 Å². The topological polar surface area (TPSA) is 57.9 Å². The molecule has 0 unspecified atom stereocenters. The van der Waals surface area contributed by atoms with E-state index in [1.54, 1.807) is 48.9 Å². The number of pyridine rings is 1. The van der Waals surface area contributed by atoms with Crippen LogP contribution in [0.5, 0.6) is 5.75 Å². The summed E-state index contributed by atoms with van der Waals surface area (Å²) in [7, 11) is 1.59. The van der Waals surface area contributed by atoms with Crippen LogP contribution in [0.25, 0.3) is 0 Å². The maximum absolute atomic E-state index is 14.3. The Labute approximate surface area is 203 Å². The third kappa shape index (κ3) is 4.97. The molecule has 0 amide bonds. The summed E-state index contributed by atoms with van der Waals surface area (Å²) < 4.78 is 21.1. The summed E-state index contributed by atoms with van der Waals surface area (Å²) >= 11 is 6.13. The number of aryl methyl sites for hydroxylation is 1. The Hall–Kier alpha value is -2.87. The Bertz CT molecular complexity index is 1190. The summed E-state index contributed by atoms with van der Waals surface area (Å²) in [5, 5.41) is 11.5. The molecule has 1 aromatic heterocycles. The van der Waals surface area contributed by atoms with E-state index in [-0.39, 0.29) is 17.1 Å². The molecule has 1 aliphatic rings. The Balaban J connectivity index is 1.72. The fourth-order valence-electron chi connectivity index (χ4n) is 4.62. The first-order valence-electron chi connectivity index (χ1n) is 11.3. The Kier molecular flexibility index (Phi) is 7.56. The van der Waals surface area contributed by atoms with Gasteiger partial charge in [0.15, 0.2) is 0 Å². The highest BCUT2D eigenvalue weighted by Gasteiger charge is 2.32. The smallest absolute Gasteiger partial charge is 0.259 e. The molecule has 6 nitrogen and oxygen atoms in total. The fourth-order valence-corrected chi connectivity index (χ4v) is 4.75. The minimum atomic E-state index is -0.470. The first kappa shape index (κ1) is 24.3. The van der Waals surface area contributed by atoms with Crippen LogP contribution in [0.1, 0.15) is 22.9 Å². The van der Waals surface area contributed by atoms with E-state index in [0.717, 1.165) is 5.56 Å². The van der Waals surface area contributed by atoms with Crippen LogP contribution in [-0.2, 0) is 11.3 Å². The second-order valence-corrected chi connectivity index (χ2v) is 8.90. The molecule has 3 aromatic rings. The van der Waals surface area contributed by atoms with Crippen LogP contribution in [0, 0.1) is 12.7 Å². The highest BCUT2D eigenvalue weighted by molar-refractivity contribution is 6.30. The zero-order valence-electron chi connectivity index (χ0n) is 19.4. The number of hydrogen-bond acceptors (Lipinski definition) is 5. The lowest BCUT2D eigenvalue weighted by atomic mass is 9.96. The van der Waals surface area contributed by atoms with Crippen molar-refractivity contribution in [3.63, 3.8) is 0 Å². The van der Waals surface area contributed by atoms with E-state index in [1.165, 1.54) is 6.07 Å². The number of methoxy groups -OCH3 is 1. The molecule has 0 bridgehead atoms. The number of piperazine rings is 1. The van der Waals surface area contributed by atoms with E-state index in [9.17, 15) is 14.3 Å². The van der Waals surface area contributed by atoms with Gasteiger partial charge in [-0.05, 0) is 42.8 Å². The van der Waals surface area contributed by atoms with Crippen molar-refractivity contribution in [2.24, 2.45) is 0 Å². The summed E-state index contributed by atoms with van der Waals surface area (Å²) in [5.41, 5.74) is 2.18. The molecule has 2 heterocycles. The van der Waals surface area contributed by atoms with Crippen LogP contribution < -0.4 is 10.5 Å². The van der Waals surface area contributed by atoms with Crippen LogP contribution in [0.2, 0.25) is 5.02 Å². The lowest BCUT2D eigenvalue weighted by Gasteiger charge is -2.40. The molecule has 1 fully saturated rings. The molecule has 4 rings (SSSR count). The lowest BCUT2D eigenvalue weighted by molar-refractivity contribution is 0.183. The SMILES string of the molecule is COCCn1c(C)cc(O)c([C@@H](c2ccc(Cl)cc2)N2CCN(c3ccccc3F)CC2)c1=O. The molecule has 1 saturated heterocycles. The number of para-hydroxylation sites is 1. The van der Waals surface area contributed by atoms with Crippen LogP contribution in [0.15, 0.2) is 59.4 Å². The highest BCUT2D eigenvalue weighted by Crippen LogP contribution is 2.34. The molecule has 180 valence electrons. The second-order valence-electron chi connectivity index (χ2n) is 8.46. The molecular weight excluding hydrogens is 457 g/mol. The number of anilines is 1. The molecule has 0 spiro atoms. The Morgan fingerprint density at radius 1 is 1.09 bits per heavy atom. The normalized spacial score (nSPS) is 15.5. The molecule has 8 heteroatoms. The van der Waals surface area contributed by atoms with Crippen LogP contribution in [-0.4, -0.2) is 54.5 Å². The van der Waals surface area contributed by atoms with Crippen molar-refractivity contribution >= 4 is 17.3 Å². The largest absolute Gasteiger partial charge is 0.507 e. The van der Waals surface area contributed by atoms with Gasteiger partial charge in [0.1, 0.15) is 11.6 Å². The highest BCUT2D eigenvalue weighted by atomic mass is 35.5. The molecule has 34 heavy (non-hydrogen) atoms. The number of halogens is 2. The Morgan fingerprint density at radius 3 is 2.41 bits per heavy atom. The second kappa shape index (κ2) is 10.6. The van der Waals surface area contributed by atoms with Gasteiger partial charge < -0.3 is 19.3 Å². The monoisotopic (exact) mass is 485 g/mol. The summed E-state index contributed by atoms with van der Waals surface area (Å²) in [6.07, 6.45) is 0. The van der Waals surface area contributed by atoms with Gasteiger partial charge in [0.05, 0.1) is 23.9 Å². The van der Waals surface area contributed by atoms with E-state index in [1.807, 2.05) is 23.1 Å². The van der Waals surface area contributed by atoms with Gasteiger partial charge in [-0.1, -0.05) is 35.9 Å². The summed E-state index contributed by atoms with van der Waals surface area (Å²) in [6.45, 7) is 4.94. The van der Waals surface area contributed by atoms with Crippen molar-refractivity contribution in [2.45, 2.75) is 19.5 Å².